The monoisotopic (exact) mass is 266 g/mol. The van der Waals surface area contributed by atoms with Crippen LogP contribution in [0.2, 0.25) is 0 Å². The summed E-state index contributed by atoms with van der Waals surface area (Å²) in [6.07, 6.45) is 0.802. The van der Waals surface area contributed by atoms with Gasteiger partial charge in [0.25, 0.3) is 0 Å². The Balaban J connectivity index is 1.84. The first-order chi connectivity index (χ1) is 9.68. The van der Waals surface area contributed by atoms with Gasteiger partial charge in [0.05, 0.1) is 5.56 Å². The first-order valence-electron chi connectivity index (χ1n) is 6.60. The molecule has 2 aromatic rings. The lowest BCUT2D eigenvalue weighted by Gasteiger charge is -2.05. The Bertz CT molecular complexity index is 661. The van der Waals surface area contributed by atoms with Crippen molar-refractivity contribution in [3.8, 4) is 0 Å². The number of aromatic carboxylic acids is 1. The highest BCUT2D eigenvalue weighted by Crippen LogP contribution is 2.49. The average Bonchev–Trinajstić information content (AvgIpc) is 3.28. The standard InChI is InChI=1S/C17H14O3/c18-16(12-8-4-5-9-13(12)17(19)20)15-10-14(15)11-6-2-1-3-7-11/h1-9,14-15H,10H2,(H,19,20). The molecular formula is C17H14O3. The van der Waals surface area contributed by atoms with E-state index in [-0.39, 0.29) is 23.2 Å². The summed E-state index contributed by atoms with van der Waals surface area (Å²) >= 11 is 0. The van der Waals surface area contributed by atoms with Gasteiger partial charge in [-0.3, -0.25) is 4.79 Å². The van der Waals surface area contributed by atoms with E-state index >= 15 is 0 Å². The van der Waals surface area contributed by atoms with Gasteiger partial charge >= 0.3 is 5.97 Å². The highest BCUT2D eigenvalue weighted by molar-refractivity contribution is 6.08. The Morgan fingerprint density at radius 3 is 2.15 bits per heavy atom. The third-order valence-corrected chi connectivity index (χ3v) is 3.78. The fourth-order valence-corrected chi connectivity index (χ4v) is 2.64. The van der Waals surface area contributed by atoms with Crippen molar-refractivity contribution in [2.24, 2.45) is 5.92 Å². The molecular weight excluding hydrogens is 252 g/mol. The van der Waals surface area contributed by atoms with E-state index in [1.807, 2.05) is 30.3 Å². The van der Waals surface area contributed by atoms with Crippen LogP contribution in [0.3, 0.4) is 0 Å². The lowest BCUT2D eigenvalue weighted by Crippen LogP contribution is -2.10. The molecule has 3 heteroatoms. The first-order valence-corrected chi connectivity index (χ1v) is 6.60. The molecule has 1 aliphatic carbocycles. The summed E-state index contributed by atoms with van der Waals surface area (Å²) in [5.41, 5.74) is 1.57. The van der Waals surface area contributed by atoms with Crippen LogP contribution in [0.25, 0.3) is 0 Å². The molecule has 1 aliphatic rings. The second kappa shape index (κ2) is 4.93. The molecule has 1 fully saturated rings. The number of hydrogen-bond acceptors (Lipinski definition) is 2. The zero-order chi connectivity index (χ0) is 14.1. The molecule has 3 rings (SSSR count). The number of rotatable bonds is 4. The van der Waals surface area contributed by atoms with Crippen molar-refractivity contribution in [1.82, 2.24) is 0 Å². The molecule has 0 heterocycles. The van der Waals surface area contributed by atoms with E-state index in [2.05, 4.69) is 0 Å². The van der Waals surface area contributed by atoms with Crippen molar-refractivity contribution in [3.63, 3.8) is 0 Å². The number of carbonyl (C=O) groups is 2. The number of ketones is 1. The van der Waals surface area contributed by atoms with E-state index in [1.54, 1.807) is 18.2 Å². The molecule has 0 radical (unpaired) electrons. The molecule has 2 atom stereocenters. The number of carboxylic acids is 1. The van der Waals surface area contributed by atoms with Crippen LogP contribution < -0.4 is 0 Å². The maximum atomic E-state index is 12.5. The predicted octanol–water partition coefficient (Wildman–Crippen LogP) is 3.37. The molecule has 0 amide bonds. The lowest BCUT2D eigenvalue weighted by atomic mass is 9.98. The Hall–Kier alpha value is -2.42. The van der Waals surface area contributed by atoms with Crippen LogP contribution in [-0.2, 0) is 0 Å². The maximum Gasteiger partial charge on any atom is 0.336 e. The molecule has 20 heavy (non-hydrogen) atoms. The van der Waals surface area contributed by atoms with Crippen LogP contribution in [0.4, 0.5) is 0 Å². The quantitative estimate of drug-likeness (QED) is 0.863. The van der Waals surface area contributed by atoms with Crippen LogP contribution >= 0.6 is 0 Å². The Morgan fingerprint density at radius 1 is 0.900 bits per heavy atom. The molecule has 2 unspecified atom stereocenters. The topological polar surface area (TPSA) is 54.4 Å². The Kier molecular flexibility index (Phi) is 3.11. The van der Waals surface area contributed by atoms with Gasteiger partial charge < -0.3 is 5.11 Å². The van der Waals surface area contributed by atoms with E-state index in [1.165, 1.54) is 6.07 Å². The molecule has 2 aromatic carbocycles. The Labute approximate surface area is 116 Å². The second-order valence-electron chi connectivity index (χ2n) is 5.07. The van der Waals surface area contributed by atoms with Crippen molar-refractivity contribution < 1.29 is 14.7 Å². The number of Topliss-reactive ketones (excluding diaryl/α,β-unsaturated/α-hetero) is 1. The number of carboxylic acid groups (broad SMARTS) is 1. The maximum absolute atomic E-state index is 12.5. The highest BCUT2D eigenvalue weighted by Gasteiger charge is 2.44. The third-order valence-electron chi connectivity index (χ3n) is 3.78. The highest BCUT2D eigenvalue weighted by atomic mass is 16.4. The van der Waals surface area contributed by atoms with Crippen LogP contribution in [0.1, 0.15) is 38.6 Å². The molecule has 100 valence electrons. The summed E-state index contributed by atoms with van der Waals surface area (Å²) in [7, 11) is 0. The van der Waals surface area contributed by atoms with Crippen LogP contribution in [0, 0.1) is 5.92 Å². The van der Waals surface area contributed by atoms with Crippen LogP contribution in [0.15, 0.2) is 54.6 Å². The van der Waals surface area contributed by atoms with E-state index in [4.69, 9.17) is 5.11 Å². The number of benzene rings is 2. The zero-order valence-electron chi connectivity index (χ0n) is 10.8. The minimum absolute atomic E-state index is 0.0585. The van der Waals surface area contributed by atoms with E-state index < -0.39 is 5.97 Å². The summed E-state index contributed by atoms with van der Waals surface area (Å²) in [5, 5.41) is 9.15. The molecule has 3 nitrogen and oxygen atoms in total. The van der Waals surface area contributed by atoms with Crippen LogP contribution in [-0.4, -0.2) is 16.9 Å². The largest absolute Gasteiger partial charge is 0.478 e. The van der Waals surface area contributed by atoms with Gasteiger partial charge in [0.1, 0.15) is 0 Å². The van der Waals surface area contributed by atoms with Crippen molar-refractivity contribution in [2.45, 2.75) is 12.3 Å². The van der Waals surface area contributed by atoms with Gasteiger partial charge in [-0.25, -0.2) is 4.79 Å². The molecule has 0 spiro atoms. The summed E-state index contributed by atoms with van der Waals surface area (Å²) < 4.78 is 0. The van der Waals surface area contributed by atoms with E-state index in [0.717, 1.165) is 12.0 Å². The zero-order valence-corrected chi connectivity index (χ0v) is 10.8. The fraction of sp³-hybridized carbons (Fsp3) is 0.176. The van der Waals surface area contributed by atoms with Crippen molar-refractivity contribution in [1.29, 1.82) is 0 Å². The molecule has 0 aliphatic heterocycles. The summed E-state index contributed by atoms with van der Waals surface area (Å²) in [4.78, 5) is 23.6. The van der Waals surface area contributed by atoms with Gasteiger partial charge in [0.2, 0.25) is 0 Å². The average molecular weight is 266 g/mol. The predicted molar refractivity (Wildman–Crippen MR) is 75.0 cm³/mol. The lowest BCUT2D eigenvalue weighted by molar-refractivity contribution is 0.0691. The third kappa shape index (κ3) is 2.23. The minimum Gasteiger partial charge on any atom is -0.478 e. The fourth-order valence-electron chi connectivity index (χ4n) is 2.64. The van der Waals surface area contributed by atoms with Crippen molar-refractivity contribution in [3.05, 3.63) is 71.3 Å². The van der Waals surface area contributed by atoms with Gasteiger partial charge in [0, 0.05) is 11.5 Å². The summed E-state index contributed by atoms with van der Waals surface area (Å²) in [5.74, 6) is -0.967. The molecule has 0 aromatic heterocycles. The van der Waals surface area contributed by atoms with Gasteiger partial charge in [0.15, 0.2) is 5.78 Å². The summed E-state index contributed by atoms with van der Waals surface area (Å²) in [6, 6.07) is 16.3. The second-order valence-corrected chi connectivity index (χ2v) is 5.07. The van der Waals surface area contributed by atoms with Gasteiger partial charge in [-0.2, -0.15) is 0 Å². The molecule has 0 bridgehead atoms. The molecule has 1 N–H and O–H groups in total. The van der Waals surface area contributed by atoms with Gasteiger partial charge in [-0.1, -0.05) is 48.5 Å². The van der Waals surface area contributed by atoms with Crippen LogP contribution in [0.5, 0.6) is 0 Å². The molecule has 0 saturated heterocycles. The Morgan fingerprint density at radius 2 is 1.50 bits per heavy atom. The number of carbonyl (C=O) groups excluding carboxylic acids is 1. The minimum atomic E-state index is -1.05. The van der Waals surface area contributed by atoms with E-state index in [9.17, 15) is 9.59 Å². The normalized spacial score (nSPS) is 20.4. The summed E-state index contributed by atoms with van der Waals surface area (Å²) in [6.45, 7) is 0. The SMILES string of the molecule is O=C(O)c1ccccc1C(=O)C1CC1c1ccccc1. The molecule has 1 saturated carbocycles. The van der Waals surface area contributed by atoms with Gasteiger partial charge in [-0.05, 0) is 24.0 Å². The number of hydrogen-bond donors (Lipinski definition) is 1. The van der Waals surface area contributed by atoms with E-state index in [0.29, 0.717) is 5.56 Å². The first kappa shape index (κ1) is 12.6. The van der Waals surface area contributed by atoms with Crippen molar-refractivity contribution in [2.75, 3.05) is 0 Å². The smallest absolute Gasteiger partial charge is 0.336 e. The van der Waals surface area contributed by atoms with Gasteiger partial charge in [-0.15, -0.1) is 0 Å². The van der Waals surface area contributed by atoms with Crippen molar-refractivity contribution >= 4 is 11.8 Å².